The predicted molar refractivity (Wildman–Crippen MR) is 68.4 cm³/mol. The Morgan fingerprint density at radius 1 is 1.58 bits per heavy atom. The van der Waals surface area contributed by atoms with Gasteiger partial charge in [-0.25, -0.2) is 4.79 Å². The van der Waals surface area contributed by atoms with Crippen LogP contribution in [0, 0.1) is 5.92 Å². The zero-order valence-electron chi connectivity index (χ0n) is 11.0. The van der Waals surface area contributed by atoms with Crippen molar-refractivity contribution in [1.29, 1.82) is 0 Å². The van der Waals surface area contributed by atoms with E-state index < -0.39 is 11.5 Å². The van der Waals surface area contributed by atoms with Crippen LogP contribution < -0.4 is 5.32 Å². The fourth-order valence-electron chi connectivity index (χ4n) is 2.75. The lowest BCUT2D eigenvalue weighted by atomic mass is 9.73. The number of rotatable bonds is 4. The molecule has 6 nitrogen and oxygen atoms in total. The van der Waals surface area contributed by atoms with Crippen LogP contribution in [0.15, 0.2) is 12.3 Å². The number of aliphatic carboxylic acids is 1. The van der Waals surface area contributed by atoms with Gasteiger partial charge in [-0.3, -0.25) is 9.89 Å². The van der Waals surface area contributed by atoms with Crippen molar-refractivity contribution < 1.29 is 14.7 Å². The van der Waals surface area contributed by atoms with Crippen LogP contribution in [0.5, 0.6) is 0 Å². The molecular weight excluding hydrogens is 246 g/mol. The van der Waals surface area contributed by atoms with Crippen LogP contribution in [0.1, 0.15) is 38.3 Å². The van der Waals surface area contributed by atoms with E-state index in [4.69, 9.17) is 0 Å². The summed E-state index contributed by atoms with van der Waals surface area (Å²) in [4.78, 5) is 23.6. The topological polar surface area (TPSA) is 95.1 Å². The van der Waals surface area contributed by atoms with Crippen LogP contribution in [0.3, 0.4) is 0 Å². The summed E-state index contributed by atoms with van der Waals surface area (Å²) < 4.78 is 0. The maximum Gasteiger partial charge on any atom is 0.329 e. The molecule has 1 saturated carbocycles. The fourth-order valence-corrected chi connectivity index (χ4v) is 2.75. The molecule has 1 aromatic rings. The van der Waals surface area contributed by atoms with Crippen LogP contribution in [0.4, 0.5) is 0 Å². The summed E-state index contributed by atoms with van der Waals surface area (Å²) in [5.74, 6) is -1.26. The van der Waals surface area contributed by atoms with Gasteiger partial charge in [-0.15, -0.1) is 0 Å². The van der Waals surface area contributed by atoms with Crippen molar-refractivity contribution in [3.8, 4) is 0 Å². The summed E-state index contributed by atoms with van der Waals surface area (Å²) in [6.07, 6.45) is 4.88. The molecule has 6 heteroatoms. The summed E-state index contributed by atoms with van der Waals surface area (Å²) in [6.45, 7) is 1.89. The highest BCUT2D eigenvalue weighted by Gasteiger charge is 2.46. The number of aromatic amines is 1. The van der Waals surface area contributed by atoms with E-state index in [0.717, 1.165) is 19.3 Å². The number of hydrogen-bond acceptors (Lipinski definition) is 3. The molecule has 0 bridgehead atoms. The molecule has 0 radical (unpaired) electrons. The zero-order valence-corrected chi connectivity index (χ0v) is 11.0. The van der Waals surface area contributed by atoms with E-state index in [1.165, 1.54) is 0 Å². The van der Waals surface area contributed by atoms with Gasteiger partial charge in [-0.2, -0.15) is 5.10 Å². The average Bonchev–Trinajstić information content (AvgIpc) is 2.84. The molecule has 1 heterocycles. The zero-order chi connectivity index (χ0) is 13.9. The average molecular weight is 265 g/mol. The molecule has 0 aromatic carbocycles. The van der Waals surface area contributed by atoms with Crippen LogP contribution in [0.2, 0.25) is 0 Å². The first kappa shape index (κ1) is 13.6. The summed E-state index contributed by atoms with van der Waals surface area (Å²) in [5, 5.41) is 18.7. The number of nitrogens with zero attached hydrogens (tertiary/aromatic N) is 1. The minimum atomic E-state index is -1.12. The Hall–Kier alpha value is -1.85. The lowest BCUT2D eigenvalue weighted by molar-refractivity contribution is -0.151. The second kappa shape index (κ2) is 5.42. The van der Waals surface area contributed by atoms with E-state index in [1.54, 1.807) is 12.3 Å². The van der Waals surface area contributed by atoms with Gasteiger partial charge in [-0.05, 0) is 24.8 Å². The van der Waals surface area contributed by atoms with Crippen molar-refractivity contribution in [3.63, 3.8) is 0 Å². The molecule has 104 valence electrons. The number of carboxylic acid groups (broad SMARTS) is 1. The van der Waals surface area contributed by atoms with Crippen molar-refractivity contribution >= 4 is 11.9 Å². The van der Waals surface area contributed by atoms with Gasteiger partial charge in [0.05, 0.1) is 6.42 Å². The predicted octanol–water partition coefficient (Wildman–Crippen LogP) is 1.10. The van der Waals surface area contributed by atoms with Gasteiger partial charge in [-0.1, -0.05) is 19.8 Å². The molecule has 1 aliphatic rings. The van der Waals surface area contributed by atoms with E-state index in [-0.39, 0.29) is 18.2 Å². The van der Waals surface area contributed by atoms with Crippen LogP contribution >= 0.6 is 0 Å². The molecule has 19 heavy (non-hydrogen) atoms. The van der Waals surface area contributed by atoms with E-state index in [9.17, 15) is 14.7 Å². The lowest BCUT2D eigenvalue weighted by Gasteiger charge is -2.39. The summed E-state index contributed by atoms with van der Waals surface area (Å²) in [5.41, 5.74) is -0.434. The number of aromatic nitrogens is 2. The smallest absolute Gasteiger partial charge is 0.329 e. The number of nitrogens with one attached hydrogen (secondary N) is 2. The molecule has 1 fully saturated rings. The minimum absolute atomic E-state index is 0.0514. The molecule has 0 saturated heterocycles. The van der Waals surface area contributed by atoms with E-state index in [1.807, 2.05) is 6.92 Å². The normalized spacial score (nSPS) is 26.9. The monoisotopic (exact) mass is 265 g/mol. The Kier molecular flexibility index (Phi) is 3.87. The quantitative estimate of drug-likeness (QED) is 0.759. The highest BCUT2D eigenvalue weighted by molar-refractivity contribution is 5.88. The van der Waals surface area contributed by atoms with Gasteiger partial charge < -0.3 is 10.4 Å². The molecule has 1 aliphatic carbocycles. The third kappa shape index (κ3) is 2.77. The molecule has 3 N–H and O–H groups in total. The highest BCUT2D eigenvalue weighted by atomic mass is 16.4. The van der Waals surface area contributed by atoms with Crippen molar-refractivity contribution in [2.75, 3.05) is 0 Å². The lowest BCUT2D eigenvalue weighted by Crippen LogP contribution is -2.60. The Labute approximate surface area is 111 Å². The Morgan fingerprint density at radius 3 is 2.95 bits per heavy atom. The molecular formula is C13H19N3O3. The van der Waals surface area contributed by atoms with Gasteiger partial charge >= 0.3 is 5.97 Å². The second-order valence-electron chi connectivity index (χ2n) is 5.23. The molecule has 1 amide bonds. The van der Waals surface area contributed by atoms with Gasteiger partial charge in [0.1, 0.15) is 5.54 Å². The van der Waals surface area contributed by atoms with Crippen LogP contribution in [-0.2, 0) is 16.0 Å². The number of hydrogen-bond donors (Lipinski definition) is 3. The van der Waals surface area contributed by atoms with Gasteiger partial charge in [0.25, 0.3) is 0 Å². The van der Waals surface area contributed by atoms with Crippen molar-refractivity contribution in [2.45, 2.75) is 44.6 Å². The van der Waals surface area contributed by atoms with Crippen molar-refractivity contribution in [3.05, 3.63) is 18.0 Å². The largest absolute Gasteiger partial charge is 0.479 e. The van der Waals surface area contributed by atoms with Gasteiger partial charge in [0, 0.05) is 11.9 Å². The Morgan fingerprint density at radius 2 is 2.37 bits per heavy atom. The Bertz CT molecular complexity index is 458. The SMILES string of the molecule is CC1CCCCC1(NC(=O)Cc1ccn[nH]1)C(=O)O. The van der Waals surface area contributed by atoms with Gasteiger partial charge in [0.15, 0.2) is 0 Å². The molecule has 0 spiro atoms. The van der Waals surface area contributed by atoms with Crippen LogP contribution in [-0.4, -0.2) is 32.7 Å². The molecule has 1 aromatic heterocycles. The number of carboxylic acids is 1. The summed E-state index contributed by atoms with van der Waals surface area (Å²) in [6, 6.07) is 1.71. The third-order valence-corrected chi connectivity index (χ3v) is 3.95. The van der Waals surface area contributed by atoms with E-state index in [0.29, 0.717) is 12.1 Å². The molecule has 2 atom stereocenters. The summed E-state index contributed by atoms with van der Waals surface area (Å²) >= 11 is 0. The summed E-state index contributed by atoms with van der Waals surface area (Å²) in [7, 11) is 0. The van der Waals surface area contributed by atoms with Crippen LogP contribution in [0.25, 0.3) is 0 Å². The highest BCUT2D eigenvalue weighted by Crippen LogP contribution is 2.34. The molecule has 2 rings (SSSR count). The number of carbonyl (C=O) groups excluding carboxylic acids is 1. The fraction of sp³-hybridized carbons (Fsp3) is 0.615. The van der Waals surface area contributed by atoms with Crippen molar-refractivity contribution in [1.82, 2.24) is 15.5 Å². The maximum atomic E-state index is 12.0. The Balaban J connectivity index is 2.08. The first-order valence-corrected chi connectivity index (χ1v) is 6.57. The van der Waals surface area contributed by atoms with Crippen molar-refractivity contribution in [2.24, 2.45) is 5.92 Å². The van der Waals surface area contributed by atoms with Gasteiger partial charge in [0.2, 0.25) is 5.91 Å². The number of carbonyl (C=O) groups is 2. The van der Waals surface area contributed by atoms with E-state index in [2.05, 4.69) is 15.5 Å². The first-order chi connectivity index (χ1) is 9.04. The molecule has 2 unspecified atom stereocenters. The number of H-pyrrole nitrogens is 1. The second-order valence-corrected chi connectivity index (χ2v) is 5.23. The first-order valence-electron chi connectivity index (χ1n) is 6.57. The standard InChI is InChI=1S/C13H19N3O3/c1-9-4-2-3-6-13(9,12(18)19)15-11(17)8-10-5-7-14-16-10/h5,7,9H,2-4,6,8H2,1H3,(H,14,16)(H,15,17)(H,18,19). The van der Waals surface area contributed by atoms with E-state index >= 15 is 0 Å². The minimum Gasteiger partial charge on any atom is -0.479 e. The maximum absolute atomic E-state index is 12.0. The molecule has 0 aliphatic heterocycles. The number of amides is 1. The third-order valence-electron chi connectivity index (χ3n) is 3.95.